The molecule has 0 saturated carbocycles. The van der Waals surface area contributed by atoms with Crippen molar-refractivity contribution < 1.29 is 12.9 Å². The summed E-state index contributed by atoms with van der Waals surface area (Å²) in [5.74, 6) is 0.481. The molecule has 8 heteroatoms. The molecule has 1 aliphatic rings. The molecule has 0 N–H and O–H groups in total. The largest absolute Gasteiger partial charge is 0.367 e. The lowest BCUT2D eigenvalue weighted by Crippen LogP contribution is -2.49. The minimum absolute atomic E-state index is 0.130. The first kappa shape index (κ1) is 17.3. The van der Waals surface area contributed by atoms with Crippen molar-refractivity contribution >= 4 is 27.3 Å². The first-order valence-corrected chi connectivity index (χ1v) is 9.75. The summed E-state index contributed by atoms with van der Waals surface area (Å²) in [7, 11) is -3.40. The lowest BCUT2D eigenvalue weighted by molar-refractivity contribution is 0.378. The highest BCUT2D eigenvalue weighted by Gasteiger charge is 2.29. The molecule has 2 aromatic rings. The Morgan fingerprint density at radius 2 is 1.92 bits per heavy atom. The molecule has 24 heavy (non-hydrogen) atoms. The predicted octanol–water partition coefficient (Wildman–Crippen LogP) is 2.60. The Morgan fingerprint density at radius 1 is 1.21 bits per heavy atom. The number of piperazine rings is 1. The van der Waals surface area contributed by atoms with Crippen LogP contribution >= 0.6 is 11.6 Å². The highest BCUT2D eigenvalue weighted by molar-refractivity contribution is 7.88. The Bertz CT molecular complexity index is 807. The van der Waals surface area contributed by atoms with Crippen molar-refractivity contribution in [2.45, 2.75) is 19.6 Å². The first-order chi connectivity index (χ1) is 11.4. The molecule has 0 unspecified atom stereocenters. The molecule has 0 bridgehead atoms. The van der Waals surface area contributed by atoms with Gasteiger partial charge in [-0.2, -0.15) is 4.31 Å². The van der Waals surface area contributed by atoms with Crippen LogP contribution in [-0.4, -0.2) is 44.1 Å². The molecular formula is C16H20ClN3O3S. The van der Waals surface area contributed by atoms with Crippen LogP contribution < -0.4 is 4.90 Å². The zero-order valence-corrected chi connectivity index (χ0v) is 15.3. The maximum atomic E-state index is 12.5. The number of benzene rings is 1. The SMILES string of the molecule is Cc1cc(CS(=O)(=O)N2CCN(c3c(C)cccc3Cl)CC2)no1. The average molecular weight is 370 g/mol. The van der Waals surface area contributed by atoms with Crippen LogP contribution in [0.2, 0.25) is 5.02 Å². The van der Waals surface area contributed by atoms with Crippen molar-refractivity contribution in [2.75, 3.05) is 31.1 Å². The molecule has 3 rings (SSSR count). The van der Waals surface area contributed by atoms with Gasteiger partial charge in [0, 0.05) is 32.2 Å². The summed E-state index contributed by atoms with van der Waals surface area (Å²) in [5, 5.41) is 4.47. The molecule has 1 aromatic carbocycles. The zero-order chi connectivity index (χ0) is 17.3. The fourth-order valence-electron chi connectivity index (χ4n) is 2.98. The van der Waals surface area contributed by atoms with E-state index in [1.54, 1.807) is 13.0 Å². The van der Waals surface area contributed by atoms with Crippen molar-refractivity contribution in [1.82, 2.24) is 9.46 Å². The van der Waals surface area contributed by atoms with Gasteiger partial charge in [-0.1, -0.05) is 28.9 Å². The zero-order valence-electron chi connectivity index (χ0n) is 13.7. The summed E-state index contributed by atoms with van der Waals surface area (Å²) >= 11 is 6.31. The summed E-state index contributed by atoms with van der Waals surface area (Å²) in [4.78, 5) is 2.14. The van der Waals surface area contributed by atoms with Crippen molar-refractivity contribution in [2.24, 2.45) is 0 Å². The molecule has 1 aliphatic heterocycles. The number of hydrogen-bond donors (Lipinski definition) is 0. The highest BCUT2D eigenvalue weighted by Crippen LogP contribution is 2.30. The fourth-order valence-corrected chi connectivity index (χ4v) is 4.73. The van der Waals surface area contributed by atoms with E-state index in [9.17, 15) is 8.42 Å². The number of para-hydroxylation sites is 1. The van der Waals surface area contributed by atoms with Gasteiger partial charge in [-0.25, -0.2) is 8.42 Å². The van der Waals surface area contributed by atoms with Gasteiger partial charge in [-0.05, 0) is 25.5 Å². The summed E-state index contributed by atoms with van der Waals surface area (Å²) < 4.78 is 31.5. The van der Waals surface area contributed by atoms with E-state index in [4.69, 9.17) is 16.1 Å². The Labute approximate surface area is 147 Å². The van der Waals surface area contributed by atoms with Gasteiger partial charge in [-0.15, -0.1) is 0 Å². The second-order valence-corrected chi connectivity index (χ2v) is 8.35. The number of anilines is 1. The fraction of sp³-hybridized carbons (Fsp3) is 0.438. The Kier molecular flexibility index (Phi) is 4.85. The number of aryl methyl sites for hydroxylation is 2. The Hall–Kier alpha value is -1.57. The average Bonchev–Trinajstić information content (AvgIpc) is 2.92. The number of hydrogen-bond acceptors (Lipinski definition) is 5. The maximum absolute atomic E-state index is 12.5. The molecule has 6 nitrogen and oxygen atoms in total. The van der Waals surface area contributed by atoms with Crippen molar-refractivity contribution in [3.05, 3.63) is 46.3 Å². The summed E-state index contributed by atoms with van der Waals surface area (Å²) in [6.07, 6.45) is 0. The van der Waals surface area contributed by atoms with Gasteiger partial charge < -0.3 is 9.42 Å². The van der Waals surface area contributed by atoms with E-state index in [0.29, 0.717) is 42.7 Å². The molecule has 2 heterocycles. The van der Waals surface area contributed by atoms with Gasteiger partial charge in [0.15, 0.2) is 0 Å². The number of aromatic nitrogens is 1. The van der Waals surface area contributed by atoms with Gasteiger partial charge in [0.05, 0.1) is 10.7 Å². The minimum atomic E-state index is -3.40. The molecule has 0 amide bonds. The molecule has 1 saturated heterocycles. The Balaban J connectivity index is 1.68. The molecule has 1 aromatic heterocycles. The maximum Gasteiger partial charge on any atom is 0.220 e. The van der Waals surface area contributed by atoms with Crippen LogP contribution in [0.4, 0.5) is 5.69 Å². The van der Waals surface area contributed by atoms with Gasteiger partial charge >= 0.3 is 0 Å². The monoisotopic (exact) mass is 369 g/mol. The summed E-state index contributed by atoms with van der Waals surface area (Å²) in [6.45, 7) is 5.85. The second-order valence-electron chi connectivity index (χ2n) is 5.98. The number of halogens is 1. The van der Waals surface area contributed by atoms with Crippen LogP contribution in [0.1, 0.15) is 17.0 Å². The number of sulfonamides is 1. The third-order valence-corrected chi connectivity index (χ3v) is 6.26. The third-order valence-electron chi connectivity index (χ3n) is 4.14. The molecule has 0 radical (unpaired) electrons. The van der Waals surface area contributed by atoms with Crippen LogP contribution in [-0.2, 0) is 15.8 Å². The van der Waals surface area contributed by atoms with Crippen molar-refractivity contribution in [3.8, 4) is 0 Å². The Morgan fingerprint density at radius 3 is 2.50 bits per heavy atom. The van der Waals surface area contributed by atoms with Gasteiger partial charge in [0.2, 0.25) is 10.0 Å². The quantitative estimate of drug-likeness (QED) is 0.828. The van der Waals surface area contributed by atoms with E-state index >= 15 is 0 Å². The van der Waals surface area contributed by atoms with E-state index < -0.39 is 10.0 Å². The number of nitrogens with zero attached hydrogens (tertiary/aromatic N) is 3. The van der Waals surface area contributed by atoms with Crippen molar-refractivity contribution in [3.63, 3.8) is 0 Å². The molecular weight excluding hydrogens is 350 g/mol. The number of rotatable bonds is 4. The van der Waals surface area contributed by atoms with E-state index in [0.717, 1.165) is 11.3 Å². The minimum Gasteiger partial charge on any atom is -0.367 e. The summed E-state index contributed by atoms with van der Waals surface area (Å²) in [6, 6.07) is 7.44. The molecule has 0 spiro atoms. The van der Waals surface area contributed by atoms with E-state index in [1.165, 1.54) is 4.31 Å². The molecule has 0 aliphatic carbocycles. The van der Waals surface area contributed by atoms with Crippen molar-refractivity contribution in [1.29, 1.82) is 0 Å². The third kappa shape index (κ3) is 3.58. The second kappa shape index (κ2) is 6.74. The van der Waals surface area contributed by atoms with Crippen LogP contribution in [0.15, 0.2) is 28.8 Å². The molecule has 0 atom stereocenters. The van der Waals surface area contributed by atoms with Crippen LogP contribution in [0, 0.1) is 13.8 Å². The standard InChI is InChI=1S/C16H20ClN3O3S/c1-12-4-3-5-15(17)16(12)19-6-8-20(9-7-19)24(21,22)11-14-10-13(2)23-18-14/h3-5,10H,6-9,11H2,1-2H3. The topological polar surface area (TPSA) is 66.7 Å². The summed E-state index contributed by atoms with van der Waals surface area (Å²) in [5.41, 5.74) is 2.53. The van der Waals surface area contributed by atoms with Gasteiger partial charge in [0.1, 0.15) is 17.2 Å². The first-order valence-electron chi connectivity index (χ1n) is 7.77. The van der Waals surface area contributed by atoms with E-state index in [2.05, 4.69) is 10.1 Å². The van der Waals surface area contributed by atoms with Gasteiger partial charge in [-0.3, -0.25) is 0 Å². The lowest BCUT2D eigenvalue weighted by Gasteiger charge is -2.36. The predicted molar refractivity (Wildman–Crippen MR) is 93.8 cm³/mol. The van der Waals surface area contributed by atoms with Gasteiger partial charge in [0.25, 0.3) is 0 Å². The van der Waals surface area contributed by atoms with Crippen LogP contribution in [0.3, 0.4) is 0 Å². The normalized spacial score (nSPS) is 16.5. The van der Waals surface area contributed by atoms with E-state index in [1.807, 2.05) is 25.1 Å². The molecule has 1 fully saturated rings. The smallest absolute Gasteiger partial charge is 0.220 e. The lowest BCUT2D eigenvalue weighted by atomic mass is 10.1. The van der Waals surface area contributed by atoms with Crippen LogP contribution in [0.5, 0.6) is 0 Å². The molecule has 130 valence electrons. The highest BCUT2D eigenvalue weighted by atomic mass is 35.5. The van der Waals surface area contributed by atoms with Crippen LogP contribution in [0.25, 0.3) is 0 Å². The van der Waals surface area contributed by atoms with E-state index in [-0.39, 0.29) is 5.75 Å².